The summed E-state index contributed by atoms with van der Waals surface area (Å²) in [6.07, 6.45) is 0. The second-order valence-electron chi connectivity index (χ2n) is 5.29. The number of fused-ring (bicyclic) bond motifs is 1. The first-order valence-corrected chi connectivity index (χ1v) is 6.77. The number of benzene rings is 2. The molecule has 0 fully saturated rings. The fraction of sp³-hybridized carbons (Fsp3) is 0.176. The van der Waals surface area contributed by atoms with Crippen LogP contribution in [0.5, 0.6) is 0 Å². The molecule has 0 unspecified atom stereocenters. The first kappa shape index (κ1) is 13.4. The van der Waals surface area contributed by atoms with Crippen LogP contribution in [0.1, 0.15) is 27.3 Å². The van der Waals surface area contributed by atoms with Gasteiger partial charge in [-0.15, -0.1) is 0 Å². The average molecular weight is 280 g/mol. The van der Waals surface area contributed by atoms with Crippen molar-refractivity contribution in [2.24, 2.45) is 0 Å². The van der Waals surface area contributed by atoms with E-state index in [9.17, 15) is 9.90 Å². The van der Waals surface area contributed by atoms with Crippen molar-refractivity contribution >= 4 is 17.0 Å². The maximum atomic E-state index is 11.2. The highest BCUT2D eigenvalue weighted by Crippen LogP contribution is 2.25. The Balaban J connectivity index is 2.32. The van der Waals surface area contributed by atoms with Crippen molar-refractivity contribution in [3.63, 3.8) is 0 Å². The van der Waals surface area contributed by atoms with Crippen molar-refractivity contribution in [1.29, 1.82) is 0 Å². The lowest BCUT2D eigenvalue weighted by Crippen LogP contribution is -2.01. The molecule has 1 N–H and O–H groups in total. The Hall–Kier alpha value is -2.62. The molecule has 4 heteroatoms. The number of carboxylic acids is 1. The molecule has 0 saturated carbocycles. The largest absolute Gasteiger partial charge is 0.478 e. The highest BCUT2D eigenvalue weighted by molar-refractivity contribution is 5.93. The second kappa shape index (κ2) is 4.74. The summed E-state index contributed by atoms with van der Waals surface area (Å²) in [6, 6.07) is 11.2. The van der Waals surface area contributed by atoms with Crippen molar-refractivity contribution in [2.45, 2.75) is 20.8 Å². The molecular formula is C17H16N2O2. The summed E-state index contributed by atoms with van der Waals surface area (Å²) in [5.74, 6) is -0.0811. The average Bonchev–Trinajstić information content (AvgIpc) is 2.74. The van der Waals surface area contributed by atoms with Gasteiger partial charge in [0.05, 0.1) is 22.3 Å². The Morgan fingerprint density at radius 2 is 1.86 bits per heavy atom. The van der Waals surface area contributed by atoms with E-state index in [4.69, 9.17) is 0 Å². The molecule has 3 aromatic rings. The lowest BCUT2D eigenvalue weighted by atomic mass is 10.1. The van der Waals surface area contributed by atoms with Gasteiger partial charge in [0.1, 0.15) is 5.82 Å². The van der Waals surface area contributed by atoms with Gasteiger partial charge in [0.2, 0.25) is 0 Å². The molecule has 0 radical (unpaired) electrons. The second-order valence-corrected chi connectivity index (χ2v) is 5.29. The van der Waals surface area contributed by atoms with Gasteiger partial charge in [-0.2, -0.15) is 0 Å². The third-order valence-corrected chi connectivity index (χ3v) is 3.66. The highest BCUT2D eigenvalue weighted by atomic mass is 16.4. The molecule has 0 aliphatic carbocycles. The monoisotopic (exact) mass is 280 g/mol. The predicted octanol–water partition coefficient (Wildman–Crippen LogP) is 3.65. The highest BCUT2D eigenvalue weighted by Gasteiger charge is 2.13. The summed E-state index contributed by atoms with van der Waals surface area (Å²) in [7, 11) is 0. The molecule has 0 spiro atoms. The third kappa shape index (κ3) is 2.18. The van der Waals surface area contributed by atoms with E-state index >= 15 is 0 Å². The fourth-order valence-corrected chi connectivity index (χ4v) is 2.69. The number of hydrogen-bond acceptors (Lipinski definition) is 2. The number of aryl methyl sites for hydroxylation is 3. The van der Waals surface area contributed by atoms with Crippen LogP contribution in [0.3, 0.4) is 0 Å². The minimum atomic E-state index is -0.928. The Kier molecular flexibility index (Phi) is 3.01. The molecular weight excluding hydrogens is 264 g/mol. The van der Waals surface area contributed by atoms with Crippen LogP contribution in [0.25, 0.3) is 16.7 Å². The van der Waals surface area contributed by atoms with Crippen molar-refractivity contribution in [3.8, 4) is 5.69 Å². The molecule has 0 aliphatic rings. The van der Waals surface area contributed by atoms with Gasteiger partial charge in [-0.3, -0.25) is 4.57 Å². The summed E-state index contributed by atoms with van der Waals surface area (Å²) in [5, 5.41) is 9.17. The van der Waals surface area contributed by atoms with Crippen molar-refractivity contribution in [1.82, 2.24) is 9.55 Å². The molecule has 0 bridgehead atoms. The Morgan fingerprint density at radius 1 is 1.10 bits per heavy atom. The van der Waals surface area contributed by atoms with Gasteiger partial charge >= 0.3 is 5.97 Å². The van der Waals surface area contributed by atoms with E-state index in [-0.39, 0.29) is 5.56 Å². The quantitative estimate of drug-likeness (QED) is 0.779. The summed E-state index contributed by atoms with van der Waals surface area (Å²) >= 11 is 0. The lowest BCUT2D eigenvalue weighted by molar-refractivity contribution is 0.0697. The van der Waals surface area contributed by atoms with E-state index in [2.05, 4.69) is 31.0 Å². The third-order valence-electron chi connectivity index (χ3n) is 3.66. The first-order chi connectivity index (χ1) is 9.97. The Labute approximate surface area is 122 Å². The molecule has 0 amide bonds. The molecule has 0 saturated heterocycles. The molecule has 21 heavy (non-hydrogen) atoms. The number of aromatic nitrogens is 2. The summed E-state index contributed by atoms with van der Waals surface area (Å²) in [5.41, 5.74) is 5.26. The van der Waals surface area contributed by atoms with Crippen LogP contribution in [-0.4, -0.2) is 20.6 Å². The SMILES string of the molecule is Cc1ccc(-n2c(C)nc3ccc(C(=O)O)cc32)c(C)c1. The van der Waals surface area contributed by atoms with Crippen LogP contribution < -0.4 is 0 Å². The van der Waals surface area contributed by atoms with Gasteiger partial charge in [0, 0.05) is 0 Å². The van der Waals surface area contributed by atoms with Gasteiger partial charge in [-0.25, -0.2) is 9.78 Å². The van der Waals surface area contributed by atoms with Gasteiger partial charge in [0.25, 0.3) is 0 Å². The van der Waals surface area contributed by atoms with Crippen LogP contribution in [0.15, 0.2) is 36.4 Å². The first-order valence-electron chi connectivity index (χ1n) is 6.77. The smallest absolute Gasteiger partial charge is 0.335 e. The van der Waals surface area contributed by atoms with E-state index in [1.54, 1.807) is 18.2 Å². The normalized spacial score (nSPS) is 11.0. The number of hydrogen-bond donors (Lipinski definition) is 1. The van der Waals surface area contributed by atoms with Crippen LogP contribution in [0, 0.1) is 20.8 Å². The molecule has 0 atom stereocenters. The number of carboxylic acid groups (broad SMARTS) is 1. The van der Waals surface area contributed by atoms with E-state index in [0.717, 1.165) is 28.1 Å². The zero-order chi connectivity index (χ0) is 15.1. The van der Waals surface area contributed by atoms with E-state index in [1.807, 2.05) is 17.6 Å². The lowest BCUT2D eigenvalue weighted by Gasteiger charge is -2.11. The minimum Gasteiger partial charge on any atom is -0.478 e. The van der Waals surface area contributed by atoms with Crippen LogP contribution in [0.4, 0.5) is 0 Å². The molecule has 2 aromatic carbocycles. The van der Waals surface area contributed by atoms with E-state index in [0.29, 0.717) is 0 Å². The minimum absolute atomic E-state index is 0.272. The molecule has 1 heterocycles. The van der Waals surface area contributed by atoms with Gasteiger partial charge in [0.15, 0.2) is 0 Å². The fourth-order valence-electron chi connectivity index (χ4n) is 2.69. The number of nitrogens with zero attached hydrogens (tertiary/aromatic N) is 2. The Morgan fingerprint density at radius 3 is 2.52 bits per heavy atom. The van der Waals surface area contributed by atoms with Crippen LogP contribution >= 0.6 is 0 Å². The van der Waals surface area contributed by atoms with Gasteiger partial charge < -0.3 is 5.11 Å². The molecule has 4 nitrogen and oxygen atoms in total. The number of imidazole rings is 1. The standard InChI is InChI=1S/C17H16N2O2/c1-10-4-7-15(11(2)8-10)19-12(3)18-14-6-5-13(17(20)21)9-16(14)19/h4-9H,1-3H3,(H,20,21). The van der Waals surface area contributed by atoms with Crippen molar-refractivity contribution in [3.05, 3.63) is 58.9 Å². The van der Waals surface area contributed by atoms with E-state index in [1.165, 1.54) is 5.56 Å². The van der Waals surface area contributed by atoms with Crippen LogP contribution in [-0.2, 0) is 0 Å². The molecule has 0 aliphatic heterocycles. The van der Waals surface area contributed by atoms with Gasteiger partial charge in [-0.05, 0) is 50.6 Å². The maximum absolute atomic E-state index is 11.2. The van der Waals surface area contributed by atoms with E-state index < -0.39 is 5.97 Å². The van der Waals surface area contributed by atoms with Crippen LogP contribution in [0.2, 0.25) is 0 Å². The maximum Gasteiger partial charge on any atom is 0.335 e. The zero-order valence-electron chi connectivity index (χ0n) is 12.2. The molecule has 1 aromatic heterocycles. The summed E-state index contributed by atoms with van der Waals surface area (Å²) in [4.78, 5) is 15.7. The Bertz CT molecular complexity index is 863. The summed E-state index contributed by atoms with van der Waals surface area (Å²) in [6.45, 7) is 6.03. The molecule has 3 rings (SSSR count). The van der Waals surface area contributed by atoms with Gasteiger partial charge in [-0.1, -0.05) is 17.7 Å². The number of carbonyl (C=O) groups is 1. The molecule has 106 valence electrons. The summed E-state index contributed by atoms with van der Waals surface area (Å²) < 4.78 is 2.01. The zero-order valence-corrected chi connectivity index (χ0v) is 12.2. The van der Waals surface area contributed by atoms with Crippen molar-refractivity contribution < 1.29 is 9.90 Å². The number of aromatic carboxylic acids is 1. The van der Waals surface area contributed by atoms with Crippen molar-refractivity contribution in [2.75, 3.05) is 0 Å². The number of rotatable bonds is 2. The topological polar surface area (TPSA) is 55.1 Å². The predicted molar refractivity (Wildman–Crippen MR) is 82.2 cm³/mol.